The third-order valence-corrected chi connectivity index (χ3v) is 5.60. The molecule has 30 heavy (non-hydrogen) atoms. The lowest BCUT2D eigenvalue weighted by Crippen LogP contribution is -2.26. The predicted octanol–water partition coefficient (Wildman–Crippen LogP) is 3.25. The van der Waals surface area contributed by atoms with Gasteiger partial charge in [0, 0.05) is 36.1 Å². The highest BCUT2D eigenvalue weighted by Crippen LogP contribution is 2.20. The van der Waals surface area contributed by atoms with Crippen molar-refractivity contribution in [1.82, 2.24) is 10.3 Å². The maximum absolute atomic E-state index is 12.7. The fourth-order valence-corrected chi connectivity index (χ4v) is 3.86. The van der Waals surface area contributed by atoms with E-state index in [-0.39, 0.29) is 16.4 Å². The van der Waals surface area contributed by atoms with Crippen molar-refractivity contribution in [2.24, 2.45) is 0 Å². The van der Waals surface area contributed by atoms with E-state index in [1.54, 1.807) is 42.6 Å². The number of carbonyl (C=O) groups excluding carboxylic acids is 1. The Labute approximate surface area is 176 Å². The van der Waals surface area contributed by atoms with E-state index in [0.717, 1.165) is 5.69 Å². The van der Waals surface area contributed by atoms with E-state index in [9.17, 15) is 13.2 Å². The zero-order valence-corrected chi connectivity index (χ0v) is 17.4. The monoisotopic (exact) mass is 425 g/mol. The number of carbonyl (C=O) groups is 1. The van der Waals surface area contributed by atoms with Crippen LogP contribution in [0.4, 0.5) is 5.69 Å². The molecule has 3 rings (SSSR count). The van der Waals surface area contributed by atoms with Crippen LogP contribution in [0.5, 0.6) is 5.75 Å². The number of amides is 1. The van der Waals surface area contributed by atoms with Crippen molar-refractivity contribution in [3.63, 3.8) is 0 Å². The Balaban J connectivity index is 1.64. The zero-order valence-electron chi connectivity index (χ0n) is 16.5. The Morgan fingerprint density at radius 2 is 1.83 bits per heavy atom. The van der Waals surface area contributed by atoms with Crippen molar-refractivity contribution in [2.75, 3.05) is 17.9 Å². The fraction of sp³-hybridized carbons (Fsp3) is 0.182. The molecular formula is C22H23N3O4S. The number of ether oxygens (including phenoxy) is 1. The molecule has 0 aliphatic carbocycles. The Morgan fingerprint density at radius 3 is 2.53 bits per heavy atom. The number of pyridine rings is 1. The first-order chi connectivity index (χ1) is 14.5. The number of rotatable bonds is 9. The van der Waals surface area contributed by atoms with Crippen molar-refractivity contribution in [3.05, 3.63) is 84.2 Å². The minimum atomic E-state index is -3.84. The highest BCUT2D eigenvalue weighted by Gasteiger charge is 2.16. The van der Waals surface area contributed by atoms with Crippen LogP contribution < -0.4 is 14.8 Å². The summed E-state index contributed by atoms with van der Waals surface area (Å²) in [5.74, 6) is 0.314. The van der Waals surface area contributed by atoms with Gasteiger partial charge in [0.05, 0.1) is 11.5 Å². The van der Waals surface area contributed by atoms with Crippen LogP contribution >= 0.6 is 0 Å². The molecule has 0 aliphatic rings. The number of anilines is 1. The molecule has 0 bridgehead atoms. The highest BCUT2D eigenvalue weighted by molar-refractivity contribution is 7.92. The van der Waals surface area contributed by atoms with Crippen molar-refractivity contribution in [3.8, 4) is 5.75 Å². The van der Waals surface area contributed by atoms with Crippen LogP contribution in [0, 0.1) is 0 Å². The lowest BCUT2D eigenvalue weighted by atomic mass is 10.2. The number of hydrogen-bond acceptors (Lipinski definition) is 5. The average Bonchev–Trinajstić information content (AvgIpc) is 2.76. The molecule has 2 aromatic carbocycles. The topological polar surface area (TPSA) is 97.4 Å². The van der Waals surface area contributed by atoms with Gasteiger partial charge in [0.1, 0.15) is 5.75 Å². The molecule has 1 heterocycles. The van der Waals surface area contributed by atoms with Gasteiger partial charge in [0.15, 0.2) is 0 Å². The van der Waals surface area contributed by atoms with Crippen molar-refractivity contribution in [2.45, 2.75) is 18.2 Å². The number of aromatic nitrogens is 1. The molecule has 0 spiro atoms. The van der Waals surface area contributed by atoms with Crippen LogP contribution in [0.3, 0.4) is 0 Å². The maximum atomic E-state index is 12.7. The smallest absolute Gasteiger partial charge is 0.261 e. The first kappa shape index (κ1) is 21.3. The predicted molar refractivity (Wildman–Crippen MR) is 115 cm³/mol. The number of benzene rings is 2. The summed E-state index contributed by atoms with van der Waals surface area (Å²) in [7, 11) is -3.84. The van der Waals surface area contributed by atoms with Crippen molar-refractivity contribution < 1.29 is 17.9 Å². The molecule has 1 amide bonds. The summed E-state index contributed by atoms with van der Waals surface area (Å²) < 4.78 is 33.3. The van der Waals surface area contributed by atoms with Crippen LogP contribution in [0.2, 0.25) is 0 Å². The maximum Gasteiger partial charge on any atom is 0.261 e. The van der Waals surface area contributed by atoms with E-state index in [1.807, 2.05) is 25.1 Å². The summed E-state index contributed by atoms with van der Waals surface area (Å²) in [6, 6.07) is 18.1. The standard InChI is InChI=1S/C22H23N3O4S/c1-2-29-20-11-9-19(10-12-20)25-30(27,28)21-8-5-6-17(16-21)22(26)24-15-13-18-7-3-4-14-23-18/h3-12,14,16,25H,2,13,15H2,1H3,(H,24,26). The number of sulfonamides is 1. The van der Waals surface area contributed by atoms with Gasteiger partial charge >= 0.3 is 0 Å². The van der Waals surface area contributed by atoms with E-state index in [2.05, 4.69) is 15.0 Å². The van der Waals surface area contributed by atoms with Gasteiger partial charge in [0.2, 0.25) is 0 Å². The first-order valence-corrected chi connectivity index (χ1v) is 11.0. The summed E-state index contributed by atoms with van der Waals surface area (Å²) in [6.45, 7) is 2.80. The molecule has 0 radical (unpaired) electrons. The van der Waals surface area contributed by atoms with E-state index in [1.165, 1.54) is 12.1 Å². The van der Waals surface area contributed by atoms with E-state index in [0.29, 0.717) is 31.0 Å². The van der Waals surface area contributed by atoms with Gasteiger partial charge in [-0.1, -0.05) is 12.1 Å². The molecule has 0 aliphatic heterocycles. The van der Waals surface area contributed by atoms with Crippen molar-refractivity contribution in [1.29, 1.82) is 0 Å². The molecule has 0 saturated heterocycles. The van der Waals surface area contributed by atoms with Crippen LogP contribution in [-0.2, 0) is 16.4 Å². The van der Waals surface area contributed by atoms with Crippen molar-refractivity contribution >= 4 is 21.6 Å². The van der Waals surface area contributed by atoms with Crippen LogP contribution in [0.25, 0.3) is 0 Å². The Bertz CT molecular complexity index is 1080. The summed E-state index contributed by atoms with van der Waals surface area (Å²) in [4.78, 5) is 16.6. The minimum Gasteiger partial charge on any atom is -0.494 e. The number of nitrogens with zero attached hydrogens (tertiary/aromatic N) is 1. The summed E-state index contributed by atoms with van der Waals surface area (Å²) >= 11 is 0. The van der Waals surface area contributed by atoms with Gasteiger partial charge in [-0.2, -0.15) is 0 Å². The normalized spacial score (nSPS) is 11.0. The summed E-state index contributed by atoms with van der Waals surface area (Å²) in [6.07, 6.45) is 2.28. The SMILES string of the molecule is CCOc1ccc(NS(=O)(=O)c2cccc(C(=O)NCCc3ccccn3)c2)cc1. The molecule has 0 atom stereocenters. The summed E-state index contributed by atoms with van der Waals surface area (Å²) in [5.41, 5.74) is 1.54. The van der Waals surface area contributed by atoms with E-state index >= 15 is 0 Å². The molecule has 1 aromatic heterocycles. The second-order valence-electron chi connectivity index (χ2n) is 6.42. The number of hydrogen-bond donors (Lipinski definition) is 2. The largest absolute Gasteiger partial charge is 0.494 e. The molecule has 156 valence electrons. The van der Waals surface area contributed by atoms with Gasteiger partial charge in [-0.25, -0.2) is 8.42 Å². The highest BCUT2D eigenvalue weighted by atomic mass is 32.2. The van der Waals surface area contributed by atoms with Crippen LogP contribution in [0.15, 0.2) is 77.8 Å². The second-order valence-corrected chi connectivity index (χ2v) is 8.10. The molecule has 0 unspecified atom stereocenters. The lowest BCUT2D eigenvalue weighted by molar-refractivity contribution is 0.0954. The number of nitrogens with one attached hydrogen (secondary N) is 2. The van der Waals surface area contributed by atoms with Crippen LogP contribution in [0.1, 0.15) is 23.0 Å². The third kappa shape index (κ3) is 5.81. The molecule has 2 N–H and O–H groups in total. The Kier molecular flexibility index (Phi) is 7.03. The Hall–Kier alpha value is -3.39. The first-order valence-electron chi connectivity index (χ1n) is 9.52. The molecule has 8 heteroatoms. The van der Waals surface area contributed by atoms with Gasteiger partial charge in [0.25, 0.3) is 15.9 Å². The van der Waals surface area contributed by atoms with Gasteiger partial charge in [-0.05, 0) is 61.5 Å². The second kappa shape index (κ2) is 9.89. The van der Waals surface area contributed by atoms with Gasteiger partial charge in [-0.3, -0.25) is 14.5 Å². The minimum absolute atomic E-state index is 0.00811. The van der Waals surface area contributed by atoms with E-state index < -0.39 is 10.0 Å². The van der Waals surface area contributed by atoms with E-state index in [4.69, 9.17) is 4.74 Å². The summed E-state index contributed by atoms with van der Waals surface area (Å²) in [5, 5.41) is 2.79. The molecule has 0 saturated carbocycles. The quantitative estimate of drug-likeness (QED) is 0.548. The van der Waals surface area contributed by atoms with Crippen LogP contribution in [-0.4, -0.2) is 32.5 Å². The third-order valence-electron chi connectivity index (χ3n) is 4.22. The fourth-order valence-electron chi connectivity index (χ4n) is 2.76. The molecule has 3 aromatic rings. The molecule has 0 fully saturated rings. The zero-order chi connectivity index (χ0) is 21.4. The average molecular weight is 426 g/mol. The molecule has 7 nitrogen and oxygen atoms in total. The molecular weight excluding hydrogens is 402 g/mol. The van der Waals surface area contributed by atoms with Gasteiger partial charge < -0.3 is 10.1 Å². The lowest BCUT2D eigenvalue weighted by Gasteiger charge is -2.11. The Morgan fingerprint density at radius 1 is 1.03 bits per heavy atom. The van der Waals surface area contributed by atoms with Gasteiger partial charge in [-0.15, -0.1) is 0 Å².